The highest BCUT2D eigenvalue weighted by molar-refractivity contribution is 5.50. The van der Waals surface area contributed by atoms with E-state index in [0.29, 0.717) is 6.04 Å². The monoisotopic (exact) mass is 245 g/mol. The van der Waals surface area contributed by atoms with Crippen molar-refractivity contribution in [3.05, 3.63) is 17.7 Å². The van der Waals surface area contributed by atoms with E-state index >= 15 is 0 Å². The number of fused-ring (bicyclic) bond motifs is 1. The lowest BCUT2D eigenvalue weighted by atomic mass is 10.1. The minimum atomic E-state index is 0.531. The predicted molar refractivity (Wildman–Crippen MR) is 64.0 cm³/mol. The fourth-order valence-corrected chi connectivity index (χ4v) is 2.58. The van der Waals surface area contributed by atoms with Gasteiger partial charge in [0.1, 0.15) is 0 Å². The number of H-pyrrole nitrogens is 1. The van der Waals surface area contributed by atoms with Crippen molar-refractivity contribution in [3.8, 4) is 0 Å². The molecule has 0 spiro atoms. The number of aromatic amines is 1. The number of hydrogen-bond acceptors (Lipinski definition) is 5. The van der Waals surface area contributed by atoms with Gasteiger partial charge in [0, 0.05) is 6.54 Å². The lowest BCUT2D eigenvalue weighted by Gasteiger charge is -2.27. The summed E-state index contributed by atoms with van der Waals surface area (Å²) in [6.07, 6.45) is 6.54. The molecule has 1 saturated carbocycles. The standard InChI is InChI=1S/C11H15N7/c1-2-9-10(6-12-13-9)17(5-1)7-11-14-15-16-18(11)8-3-4-8/h6,8H,1-5,7H2,(H,12,13). The molecule has 0 radical (unpaired) electrons. The van der Waals surface area contributed by atoms with Crippen LogP contribution < -0.4 is 4.90 Å². The Morgan fingerprint density at radius 1 is 1.39 bits per heavy atom. The van der Waals surface area contributed by atoms with Gasteiger partial charge >= 0.3 is 0 Å². The van der Waals surface area contributed by atoms with Gasteiger partial charge in [-0.25, -0.2) is 4.68 Å². The first kappa shape index (κ1) is 10.0. The SMILES string of the molecule is c1n[nH]c2c1N(Cc1nnnn1C1CC1)CCC2. The maximum absolute atomic E-state index is 4.16. The highest BCUT2D eigenvalue weighted by Gasteiger charge is 2.29. The van der Waals surface area contributed by atoms with Gasteiger partial charge in [0.2, 0.25) is 0 Å². The van der Waals surface area contributed by atoms with Crippen LogP contribution in [0.3, 0.4) is 0 Å². The van der Waals surface area contributed by atoms with E-state index in [1.54, 1.807) is 0 Å². The predicted octanol–water partition coefficient (Wildman–Crippen LogP) is 0.684. The van der Waals surface area contributed by atoms with Crippen molar-refractivity contribution < 1.29 is 0 Å². The maximum Gasteiger partial charge on any atom is 0.170 e. The molecule has 1 aliphatic heterocycles. The van der Waals surface area contributed by atoms with E-state index in [2.05, 4.69) is 30.6 Å². The molecule has 0 bridgehead atoms. The van der Waals surface area contributed by atoms with Crippen LogP contribution in [0.4, 0.5) is 5.69 Å². The largest absolute Gasteiger partial charge is 0.361 e. The van der Waals surface area contributed by atoms with Gasteiger partial charge in [0.15, 0.2) is 5.82 Å². The Bertz CT molecular complexity index is 553. The molecular formula is C11H15N7. The van der Waals surface area contributed by atoms with Gasteiger partial charge in [-0.2, -0.15) is 5.10 Å². The number of rotatable bonds is 3. The summed E-state index contributed by atoms with van der Waals surface area (Å²) in [5, 5.41) is 19.3. The molecule has 0 atom stereocenters. The van der Waals surface area contributed by atoms with Crippen molar-refractivity contribution in [1.29, 1.82) is 0 Å². The topological polar surface area (TPSA) is 75.5 Å². The number of aromatic nitrogens is 6. The second kappa shape index (κ2) is 3.79. The molecule has 7 heteroatoms. The van der Waals surface area contributed by atoms with E-state index in [1.807, 2.05) is 10.9 Å². The fraction of sp³-hybridized carbons (Fsp3) is 0.636. The molecular weight excluding hydrogens is 230 g/mol. The van der Waals surface area contributed by atoms with Crippen LogP contribution in [0.25, 0.3) is 0 Å². The molecule has 1 fully saturated rings. The third-order valence-corrected chi connectivity index (χ3v) is 3.68. The first-order chi connectivity index (χ1) is 8.92. The highest BCUT2D eigenvalue weighted by atomic mass is 15.6. The van der Waals surface area contributed by atoms with E-state index in [-0.39, 0.29) is 0 Å². The molecule has 0 unspecified atom stereocenters. The number of nitrogens with one attached hydrogen (secondary N) is 1. The third kappa shape index (κ3) is 1.58. The molecule has 18 heavy (non-hydrogen) atoms. The fourth-order valence-electron chi connectivity index (χ4n) is 2.58. The Kier molecular flexibility index (Phi) is 2.12. The molecule has 7 nitrogen and oxygen atoms in total. The number of tetrazole rings is 1. The van der Waals surface area contributed by atoms with Crippen LogP contribution in [-0.2, 0) is 13.0 Å². The summed E-state index contributed by atoms with van der Waals surface area (Å²) in [5.74, 6) is 0.964. The summed E-state index contributed by atoms with van der Waals surface area (Å²) >= 11 is 0. The van der Waals surface area contributed by atoms with Gasteiger partial charge in [-0.3, -0.25) is 5.10 Å². The molecule has 0 amide bonds. The van der Waals surface area contributed by atoms with Crippen LogP contribution in [0.15, 0.2) is 6.20 Å². The van der Waals surface area contributed by atoms with Gasteiger partial charge in [-0.05, 0) is 36.1 Å². The Morgan fingerprint density at radius 3 is 3.22 bits per heavy atom. The summed E-state index contributed by atoms with van der Waals surface area (Å²) in [4.78, 5) is 2.31. The van der Waals surface area contributed by atoms with Crippen LogP contribution >= 0.6 is 0 Å². The van der Waals surface area contributed by atoms with E-state index in [4.69, 9.17) is 0 Å². The van der Waals surface area contributed by atoms with Gasteiger partial charge in [0.05, 0.1) is 30.2 Å². The molecule has 94 valence electrons. The van der Waals surface area contributed by atoms with Crippen molar-refractivity contribution in [2.75, 3.05) is 11.4 Å². The second-order valence-electron chi connectivity index (χ2n) is 5.03. The van der Waals surface area contributed by atoms with Gasteiger partial charge in [0.25, 0.3) is 0 Å². The van der Waals surface area contributed by atoms with Crippen molar-refractivity contribution in [3.63, 3.8) is 0 Å². The molecule has 2 aliphatic rings. The van der Waals surface area contributed by atoms with Crippen molar-refractivity contribution in [2.45, 2.75) is 38.3 Å². The van der Waals surface area contributed by atoms with E-state index in [0.717, 1.165) is 31.8 Å². The Labute approximate surface area is 104 Å². The van der Waals surface area contributed by atoms with Crippen LogP contribution in [0.1, 0.15) is 36.8 Å². The molecule has 1 aliphatic carbocycles. The number of aryl methyl sites for hydroxylation is 1. The normalized spacial score (nSPS) is 19.0. The lowest BCUT2D eigenvalue weighted by molar-refractivity contribution is 0.566. The zero-order valence-corrected chi connectivity index (χ0v) is 10.1. The minimum Gasteiger partial charge on any atom is -0.361 e. The van der Waals surface area contributed by atoms with Gasteiger partial charge in [-0.1, -0.05) is 0 Å². The van der Waals surface area contributed by atoms with Crippen molar-refractivity contribution in [2.24, 2.45) is 0 Å². The summed E-state index contributed by atoms with van der Waals surface area (Å²) < 4.78 is 1.98. The maximum atomic E-state index is 4.16. The average Bonchev–Trinajstić information content (AvgIpc) is 2.93. The number of hydrogen-bond donors (Lipinski definition) is 1. The van der Waals surface area contributed by atoms with E-state index < -0.39 is 0 Å². The molecule has 0 aromatic carbocycles. The number of anilines is 1. The van der Waals surface area contributed by atoms with E-state index in [9.17, 15) is 0 Å². The summed E-state index contributed by atoms with van der Waals surface area (Å²) in [5.41, 5.74) is 2.43. The van der Waals surface area contributed by atoms with Crippen molar-refractivity contribution >= 4 is 5.69 Å². The number of nitrogens with zero attached hydrogens (tertiary/aromatic N) is 6. The molecule has 4 rings (SSSR count). The summed E-state index contributed by atoms with van der Waals surface area (Å²) in [6, 6.07) is 0.531. The van der Waals surface area contributed by atoms with Crippen LogP contribution in [0, 0.1) is 0 Å². The molecule has 1 N–H and O–H groups in total. The second-order valence-corrected chi connectivity index (χ2v) is 5.03. The summed E-state index contributed by atoms with van der Waals surface area (Å²) in [6.45, 7) is 1.82. The lowest BCUT2D eigenvalue weighted by Crippen LogP contribution is -2.29. The van der Waals surface area contributed by atoms with Gasteiger partial charge in [-0.15, -0.1) is 5.10 Å². The first-order valence-electron chi connectivity index (χ1n) is 6.46. The first-order valence-corrected chi connectivity index (χ1v) is 6.46. The molecule has 0 saturated heterocycles. The van der Waals surface area contributed by atoms with E-state index in [1.165, 1.54) is 24.2 Å². The Balaban J connectivity index is 1.60. The quantitative estimate of drug-likeness (QED) is 0.860. The zero-order chi connectivity index (χ0) is 11.9. The van der Waals surface area contributed by atoms with Crippen LogP contribution in [0.2, 0.25) is 0 Å². The smallest absolute Gasteiger partial charge is 0.170 e. The highest BCUT2D eigenvalue weighted by Crippen LogP contribution is 2.35. The minimum absolute atomic E-state index is 0.531. The van der Waals surface area contributed by atoms with Crippen LogP contribution in [0.5, 0.6) is 0 Å². The third-order valence-electron chi connectivity index (χ3n) is 3.68. The molecule has 2 aromatic heterocycles. The zero-order valence-electron chi connectivity index (χ0n) is 10.1. The van der Waals surface area contributed by atoms with Crippen LogP contribution in [-0.4, -0.2) is 36.9 Å². The molecule has 3 heterocycles. The van der Waals surface area contributed by atoms with Crippen molar-refractivity contribution in [1.82, 2.24) is 30.4 Å². The Hall–Kier alpha value is -1.92. The summed E-state index contributed by atoms with van der Waals surface area (Å²) in [7, 11) is 0. The average molecular weight is 245 g/mol. The van der Waals surface area contributed by atoms with Gasteiger partial charge < -0.3 is 4.90 Å². The Morgan fingerprint density at radius 2 is 2.33 bits per heavy atom. The molecule has 2 aromatic rings.